The Labute approximate surface area is 68.9 Å². The third-order valence-corrected chi connectivity index (χ3v) is 2.36. The standard InChI is InChI=1S/C6H13NO5/c7-2-3(9)5(11)6(12,1-8)4(2)10/h2-5,8-12H,1,7H2/t2-,3-,4+,5+,6+/m0/s1. The molecule has 6 heteroatoms. The number of nitrogens with two attached hydrogens (primary N) is 1. The predicted molar refractivity (Wildman–Crippen MR) is 38.0 cm³/mol. The van der Waals surface area contributed by atoms with Gasteiger partial charge in [-0.15, -0.1) is 0 Å². The molecule has 1 aliphatic rings. The molecule has 0 saturated heterocycles. The molecule has 1 rings (SSSR count). The Hall–Kier alpha value is -0.240. The summed E-state index contributed by atoms with van der Waals surface area (Å²) in [6.07, 6.45) is -4.56. The second-order valence-electron chi connectivity index (χ2n) is 3.11. The molecule has 0 aromatic rings. The van der Waals surface area contributed by atoms with E-state index in [2.05, 4.69) is 0 Å². The molecule has 0 radical (unpaired) electrons. The summed E-state index contributed by atoms with van der Waals surface area (Å²) in [5.41, 5.74) is 3.12. The molecule has 0 aliphatic heterocycles. The van der Waals surface area contributed by atoms with Crippen molar-refractivity contribution < 1.29 is 25.5 Å². The van der Waals surface area contributed by atoms with Gasteiger partial charge in [-0.1, -0.05) is 0 Å². The van der Waals surface area contributed by atoms with Crippen LogP contribution in [0.3, 0.4) is 0 Å². The third-order valence-electron chi connectivity index (χ3n) is 2.36. The first-order valence-corrected chi connectivity index (χ1v) is 3.58. The van der Waals surface area contributed by atoms with Gasteiger partial charge in [-0.2, -0.15) is 0 Å². The highest BCUT2D eigenvalue weighted by Crippen LogP contribution is 2.29. The summed E-state index contributed by atoms with van der Waals surface area (Å²) in [5.74, 6) is 0. The van der Waals surface area contributed by atoms with Gasteiger partial charge in [0.25, 0.3) is 0 Å². The number of hydrogen-bond acceptors (Lipinski definition) is 6. The average Bonchev–Trinajstić information content (AvgIpc) is 2.22. The van der Waals surface area contributed by atoms with Gasteiger partial charge in [-0.05, 0) is 0 Å². The van der Waals surface area contributed by atoms with Crippen LogP contribution in [0.15, 0.2) is 0 Å². The molecule has 1 aliphatic carbocycles. The predicted octanol–water partition coefficient (Wildman–Crippen LogP) is -3.87. The summed E-state index contributed by atoms with van der Waals surface area (Å²) in [5, 5.41) is 45.5. The minimum Gasteiger partial charge on any atom is -0.393 e. The van der Waals surface area contributed by atoms with Crippen molar-refractivity contribution in [3.63, 3.8) is 0 Å². The Balaban J connectivity index is 2.90. The van der Waals surface area contributed by atoms with Crippen LogP contribution < -0.4 is 5.73 Å². The van der Waals surface area contributed by atoms with E-state index in [0.29, 0.717) is 0 Å². The highest BCUT2D eigenvalue weighted by atomic mass is 16.4. The third kappa shape index (κ3) is 1.05. The maximum Gasteiger partial charge on any atom is 0.143 e. The minimum atomic E-state index is -2.11. The number of aliphatic hydroxyl groups excluding tert-OH is 4. The average molecular weight is 179 g/mol. The largest absolute Gasteiger partial charge is 0.393 e. The van der Waals surface area contributed by atoms with Crippen LogP contribution in [0.1, 0.15) is 0 Å². The Morgan fingerprint density at radius 1 is 1.17 bits per heavy atom. The molecule has 0 heterocycles. The van der Waals surface area contributed by atoms with E-state index in [-0.39, 0.29) is 0 Å². The molecular formula is C6H13NO5. The topological polar surface area (TPSA) is 127 Å². The van der Waals surface area contributed by atoms with Gasteiger partial charge in [0, 0.05) is 0 Å². The maximum atomic E-state index is 9.39. The number of hydrogen-bond donors (Lipinski definition) is 6. The van der Waals surface area contributed by atoms with Crippen molar-refractivity contribution in [2.75, 3.05) is 6.61 Å². The molecule has 6 nitrogen and oxygen atoms in total. The van der Waals surface area contributed by atoms with E-state index in [1.807, 2.05) is 0 Å². The Morgan fingerprint density at radius 3 is 1.83 bits per heavy atom. The smallest absolute Gasteiger partial charge is 0.143 e. The van der Waals surface area contributed by atoms with Gasteiger partial charge in [0.15, 0.2) is 0 Å². The summed E-state index contributed by atoms with van der Waals surface area (Å²) < 4.78 is 0. The number of rotatable bonds is 1. The van der Waals surface area contributed by atoms with E-state index in [1.54, 1.807) is 0 Å². The van der Waals surface area contributed by atoms with Crippen molar-refractivity contribution >= 4 is 0 Å². The van der Waals surface area contributed by atoms with Crippen LogP contribution in [0.5, 0.6) is 0 Å². The van der Waals surface area contributed by atoms with E-state index in [4.69, 9.17) is 21.1 Å². The lowest BCUT2D eigenvalue weighted by Gasteiger charge is -2.27. The van der Waals surface area contributed by atoms with E-state index in [1.165, 1.54) is 0 Å². The molecule has 0 unspecified atom stereocenters. The molecule has 1 fully saturated rings. The zero-order valence-corrected chi connectivity index (χ0v) is 6.33. The van der Waals surface area contributed by atoms with Crippen molar-refractivity contribution in [2.45, 2.75) is 30.0 Å². The van der Waals surface area contributed by atoms with Gasteiger partial charge in [0.1, 0.15) is 23.9 Å². The number of aliphatic hydroxyl groups is 5. The fourth-order valence-corrected chi connectivity index (χ4v) is 1.39. The fourth-order valence-electron chi connectivity index (χ4n) is 1.39. The first kappa shape index (κ1) is 9.85. The summed E-state index contributed by atoms with van der Waals surface area (Å²) in [6, 6.07) is -1.14. The van der Waals surface area contributed by atoms with Gasteiger partial charge in [0.05, 0.1) is 12.6 Å². The molecule has 0 aromatic carbocycles. The van der Waals surface area contributed by atoms with E-state index < -0.39 is 36.6 Å². The van der Waals surface area contributed by atoms with E-state index in [9.17, 15) is 10.2 Å². The molecule has 0 spiro atoms. The zero-order valence-electron chi connectivity index (χ0n) is 6.33. The second-order valence-corrected chi connectivity index (χ2v) is 3.11. The van der Waals surface area contributed by atoms with Gasteiger partial charge in [-0.25, -0.2) is 0 Å². The van der Waals surface area contributed by atoms with Crippen molar-refractivity contribution in [1.29, 1.82) is 0 Å². The monoisotopic (exact) mass is 179 g/mol. The lowest BCUT2D eigenvalue weighted by Crippen LogP contribution is -2.52. The molecule has 0 bridgehead atoms. The van der Waals surface area contributed by atoms with Crippen LogP contribution in [-0.4, -0.2) is 62.1 Å². The van der Waals surface area contributed by atoms with Crippen LogP contribution in [0, 0.1) is 0 Å². The molecule has 72 valence electrons. The van der Waals surface area contributed by atoms with Crippen molar-refractivity contribution in [1.82, 2.24) is 0 Å². The second kappa shape index (κ2) is 2.91. The van der Waals surface area contributed by atoms with Gasteiger partial charge in [-0.3, -0.25) is 0 Å². The highest BCUT2D eigenvalue weighted by Gasteiger charge is 2.57. The molecule has 1 saturated carbocycles. The Bertz CT molecular complexity index is 161. The Kier molecular flexibility index (Phi) is 2.39. The van der Waals surface area contributed by atoms with Crippen molar-refractivity contribution in [2.24, 2.45) is 5.73 Å². The maximum absolute atomic E-state index is 9.39. The fraction of sp³-hybridized carbons (Fsp3) is 1.00. The van der Waals surface area contributed by atoms with Gasteiger partial charge < -0.3 is 31.3 Å². The summed E-state index contributed by atoms with van der Waals surface area (Å²) >= 11 is 0. The minimum absolute atomic E-state index is 0.847. The van der Waals surface area contributed by atoms with Crippen LogP contribution >= 0.6 is 0 Å². The molecular weight excluding hydrogens is 166 g/mol. The quantitative estimate of drug-likeness (QED) is 0.244. The Morgan fingerprint density at radius 2 is 1.67 bits per heavy atom. The molecule has 0 amide bonds. The van der Waals surface area contributed by atoms with E-state index in [0.717, 1.165) is 0 Å². The lowest BCUT2D eigenvalue weighted by atomic mass is 9.98. The van der Waals surface area contributed by atoms with Crippen LogP contribution in [0.2, 0.25) is 0 Å². The first-order chi connectivity index (χ1) is 5.45. The molecule has 7 N–H and O–H groups in total. The van der Waals surface area contributed by atoms with Crippen molar-refractivity contribution in [3.05, 3.63) is 0 Å². The summed E-state index contributed by atoms with van der Waals surface area (Å²) in [4.78, 5) is 0. The van der Waals surface area contributed by atoms with Gasteiger partial charge >= 0.3 is 0 Å². The normalized spacial score (nSPS) is 54.5. The highest BCUT2D eigenvalue weighted by molar-refractivity contribution is 5.10. The van der Waals surface area contributed by atoms with Crippen LogP contribution in [0.4, 0.5) is 0 Å². The first-order valence-electron chi connectivity index (χ1n) is 3.58. The lowest BCUT2D eigenvalue weighted by molar-refractivity contribution is -0.148. The molecule has 12 heavy (non-hydrogen) atoms. The van der Waals surface area contributed by atoms with Gasteiger partial charge in [0.2, 0.25) is 0 Å². The summed E-state index contributed by atoms with van der Waals surface area (Å²) in [6.45, 7) is -0.847. The van der Waals surface area contributed by atoms with Crippen LogP contribution in [-0.2, 0) is 0 Å². The SMILES string of the molecule is N[C@H]1[C@H](O)[C@@H](O)[C@@](O)(CO)[C@@H]1O. The summed E-state index contributed by atoms with van der Waals surface area (Å²) in [7, 11) is 0. The van der Waals surface area contributed by atoms with Crippen molar-refractivity contribution in [3.8, 4) is 0 Å². The zero-order chi connectivity index (χ0) is 9.52. The molecule has 0 aromatic heterocycles. The van der Waals surface area contributed by atoms with E-state index >= 15 is 0 Å². The van der Waals surface area contributed by atoms with Crippen LogP contribution in [0.25, 0.3) is 0 Å². The molecule has 5 atom stereocenters.